The molecule has 3 aromatic rings. The molecule has 116 valence electrons. The first-order valence-electron chi connectivity index (χ1n) is 7.84. The van der Waals surface area contributed by atoms with E-state index in [1.165, 1.54) is 24.1 Å². The molecule has 2 aromatic heterocycles. The topological polar surface area (TPSA) is 79.4 Å². The number of hydrogen-bond acceptors (Lipinski definition) is 5. The van der Waals surface area contributed by atoms with Gasteiger partial charge in [0, 0.05) is 24.1 Å². The number of aromatic amines is 1. The van der Waals surface area contributed by atoms with E-state index in [0.29, 0.717) is 24.1 Å². The van der Waals surface area contributed by atoms with Crippen LogP contribution in [0.3, 0.4) is 0 Å². The molecule has 2 heterocycles. The molecule has 1 saturated carbocycles. The lowest BCUT2D eigenvalue weighted by Gasteiger charge is -2.05. The number of nitrogens with zero attached hydrogens (tertiary/aromatic N) is 4. The molecule has 6 heteroatoms. The van der Waals surface area contributed by atoms with Crippen molar-refractivity contribution in [2.45, 2.75) is 32.1 Å². The van der Waals surface area contributed by atoms with E-state index >= 15 is 0 Å². The average Bonchev–Trinajstić information content (AvgIpc) is 3.28. The van der Waals surface area contributed by atoms with E-state index < -0.39 is 0 Å². The summed E-state index contributed by atoms with van der Waals surface area (Å²) in [6.07, 6.45) is 3.17. The van der Waals surface area contributed by atoms with Gasteiger partial charge in [-0.15, -0.1) is 0 Å². The van der Waals surface area contributed by atoms with E-state index in [9.17, 15) is 0 Å². The molecule has 0 aliphatic heterocycles. The predicted octanol–water partition coefficient (Wildman–Crippen LogP) is 3.11. The maximum atomic E-state index is 4.51. The van der Waals surface area contributed by atoms with Crippen molar-refractivity contribution in [1.82, 2.24) is 25.1 Å². The van der Waals surface area contributed by atoms with E-state index in [-0.39, 0.29) is 0 Å². The van der Waals surface area contributed by atoms with Crippen molar-refractivity contribution in [3.05, 3.63) is 59.3 Å². The lowest BCUT2D eigenvalue weighted by Crippen LogP contribution is -2.06. The first-order chi connectivity index (χ1) is 11.3. The van der Waals surface area contributed by atoms with Crippen molar-refractivity contribution in [1.29, 1.82) is 0 Å². The molecule has 0 amide bonds. The van der Waals surface area contributed by atoms with Gasteiger partial charge in [-0.2, -0.15) is 15.1 Å². The van der Waals surface area contributed by atoms with E-state index in [2.05, 4.69) is 42.6 Å². The minimum absolute atomic E-state index is 0.539. The predicted molar refractivity (Wildman–Crippen MR) is 87.7 cm³/mol. The third-order valence-corrected chi connectivity index (χ3v) is 3.85. The summed E-state index contributed by atoms with van der Waals surface area (Å²) in [4.78, 5) is 13.3. The molecule has 1 aliphatic rings. The number of rotatable bonds is 5. The number of H-pyrrole nitrogens is 1. The van der Waals surface area contributed by atoms with E-state index in [1.807, 2.05) is 31.2 Å². The van der Waals surface area contributed by atoms with Crippen LogP contribution in [0.15, 0.2) is 36.4 Å². The van der Waals surface area contributed by atoms with Gasteiger partial charge in [0.2, 0.25) is 5.95 Å². The van der Waals surface area contributed by atoms with Gasteiger partial charge in [-0.1, -0.05) is 30.3 Å². The zero-order valence-corrected chi connectivity index (χ0v) is 13.0. The van der Waals surface area contributed by atoms with E-state index in [4.69, 9.17) is 0 Å². The fraction of sp³-hybridized carbons (Fsp3) is 0.294. The molecular weight excluding hydrogens is 288 g/mol. The Labute approximate surface area is 134 Å². The molecule has 2 N–H and O–H groups in total. The summed E-state index contributed by atoms with van der Waals surface area (Å²) in [5.41, 5.74) is 2.36. The summed E-state index contributed by atoms with van der Waals surface area (Å²) >= 11 is 0. The lowest BCUT2D eigenvalue weighted by atomic mass is 10.1. The Morgan fingerprint density at radius 3 is 2.74 bits per heavy atom. The number of hydrogen-bond donors (Lipinski definition) is 2. The monoisotopic (exact) mass is 306 g/mol. The second-order valence-corrected chi connectivity index (χ2v) is 5.89. The fourth-order valence-electron chi connectivity index (χ4n) is 2.57. The zero-order valence-electron chi connectivity index (χ0n) is 13.0. The molecule has 4 rings (SSSR count). The standard InChI is InChI=1S/C17H18N6/c1-11-18-15(9-12-5-3-2-4-6-12)20-17(19-11)21-16-10-14(22-23-16)13-7-8-13/h2-6,10,13H,7-9H2,1H3,(H2,18,19,20,21,22,23). The SMILES string of the molecule is Cc1nc(Cc2ccccc2)nc(Nc2cc(C3CC3)[nH]n2)n1. The normalized spacial score (nSPS) is 14.0. The fourth-order valence-corrected chi connectivity index (χ4v) is 2.57. The van der Waals surface area contributed by atoms with Crippen LogP contribution in [0.4, 0.5) is 11.8 Å². The molecule has 0 saturated heterocycles. The largest absolute Gasteiger partial charge is 0.307 e. The molecule has 1 fully saturated rings. The smallest absolute Gasteiger partial charge is 0.231 e. The van der Waals surface area contributed by atoms with Crippen LogP contribution >= 0.6 is 0 Å². The quantitative estimate of drug-likeness (QED) is 0.757. The van der Waals surface area contributed by atoms with Gasteiger partial charge in [0.15, 0.2) is 5.82 Å². The summed E-state index contributed by atoms with van der Waals surface area (Å²) in [5.74, 6) is 3.39. The molecule has 6 nitrogen and oxygen atoms in total. The van der Waals surface area contributed by atoms with Gasteiger partial charge in [0.1, 0.15) is 11.6 Å². The first-order valence-corrected chi connectivity index (χ1v) is 7.84. The van der Waals surface area contributed by atoms with Crippen LogP contribution in [0.2, 0.25) is 0 Å². The maximum Gasteiger partial charge on any atom is 0.231 e. The highest BCUT2D eigenvalue weighted by molar-refractivity contribution is 5.48. The molecule has 0 radical (unpaired) electrons. The zero-order chi connectivity index (χ0) is 15.6. The highest BCUT2D eigenvalue weighted by Crippen LogP contribution is 2.39. The number of nitrogens with one attached hydrogen (secondary N) is 2. The minimum atomic E-state index is 0.539. The van der Waals surface area contributed by atoms with Crippen LogP contribution in [0.5, 0.6) is 0 Å². The molecule has 0 bridgehead atoms. The first kappa shape index (κ1) is 13.9. The van der Waals surface area contributed by atoms with Crippen molar-refractivity contribution >= 4 is 11.8 Å². The van der Waals surface area contributed by atoms with Gasteiger partial charge < -0.3 is 5.32 Å². The van der Waals surface area contributed by atoms with Crippen molar-refractivity contribution < 1.29 is 0 Å². The summed E-state index contributed by atoms with van der Waals surface area (Å²) in [5, 5.41) is 10.5. The Bertz CT molecular complexity index is 807. The Morgan fingerprint density at radius 2 is 1.96 bits per heavy atom. The van der Waals surface area contributed by atoms with Crippen LogP contribution in [0.25, 0.3) is 0 Å². The molecular formula is C17H18N6. The van der Waals surface area contributed by atoms with Crippen LogP contribution in [-0.2, 0) is 6.42 Å². The van der Waals surface area contributed by atoms with Crippen molar-refractivity contribution in [3.8, 4) is 0 Å². The second kappa shape index (κ2) is 5.79. The van der Waals surface area contributed by atoms with Gasteiger partial charge in [-0.05, 0) is 25.3 Å². The number of aromatic nitrogens is 5. The van der Waals surface area contributed by atoms with Crippen LogP contribution in [0, 0.1) is 6.92 Å². The van der Waals surface area contributed by atoms with E-state index in [1.54, 1.807) is 0 Å². The highest BCUT2D eigenvalue weighted by Gasteiger charge is 2.25. The molecule has 0 atom stereocenters. The summed E-state index contributed by atoms with van der Waals surface area (Å²) < 4.78 is 0. The van der Waals surface area contributed by atoms with Gasteiger partial charge >= 0.3 is 0 Å². The average molecular weight is 306 g/mol. The van der Waals surface area contributed by atoms with Crippen LogP contribution in [-0.4, -0.2) is 25.1 Å². The number of benzene rings is 1. The highest BCUT2D eigenvalue weighted by atomic mass is 15.2. The van der Waals surface area contributed by atoms with Crippen molar-refractivity contribution in [2.75, 3.05) is 5.32 Å². The molecule has 1 aliphatic carbocycles. The Hall–Kier alpha value is -2.76. The third kappa shape index (κ3) is 3.36. The van der Waals surface area contributed by atoms with Gasteiger partial charge in [0.25, 0.3) is 0 Å². The Balaban J connectivity index is 1.53. The van der Waals surface area contributed by atoms with Gasteiger partial charge in [-0.25, -0.2) is 4.98 Å². The van der Waals surface area contributed by atoms with Crippen molar-refractivity contribution in [2.24, 2.45) is 0 Å². The Morgan fingerprint density at radius 1 is 1.13 bits per heavy atom. The third-order valence-electron chi connectivity index (χ3n) is 3.85. The van der Waals surface area contributed by atoms with Crippen LogP contribution in [0.1, 0.15) is 41.7 Å². The summed E-state index contributed by atoms with van der Waals surface area (Å²) in [6, 6.07) is 12.2. The van der Waals surface area contributed by atoms with Gasteiger partial charge in [0.05, 0.1) is 0 Å². The molecule has 1 aromatic carbocycles. The molecule has 23 heavy (non-hydrogen) atoms. The lowest BCUT2D eigenvalue weighted by molar-refractivity contribution is 0.884. The molecule has 0 unspecified atom stereocenters. The maximum absolute atomic E-state index is 4.51. The number of anilines is 2. The number of aryl methyl sites for hydroxylation is 1. The van der Waals surface area contributed by atoms with E-state index in [0.717, 1.165) is 11.6 Å². The van der Waals surface area contributed by atoms with Crippen LogP contribution < -0.4 is 5.32 Å². The minimum Gasteiger partial charge on any atom is -0.307 e. The molecule has 0 spiro atoms. The van der Waals surface area contributed by atoms with Gasteiger partial charge in [-0.3, -0.25) is 5.10 Å². The second-order valence-electron chi connectivity index (χ2n) is 5.89. The summed E-state index contributed by atoms with van der Waals surface area (Å²) in [6.45, 7) is 1.88. The Kier molecular flexibility index (Phi) is 3.49. The van der Waals surface area contributed by atoms with Crippen molar-refractivity contribution in [3.63, 3.8) is 0 Å². The summed E-state index contributed by atoms with van der Waals surface area (Å²) in [7, 11) is 0.